The van der Waals surface area contributed by atoms with Crippen LogP contribution in [0, 0.1) is 32.6 Å². The van der Waals surface area contributed by atoms with E-state index in [-0.39, 0.29) is 11.7 Å². The molecular weight excluding hydrogens is 290 g/mol. The predicted molar refractivity (Wildman–Crippen MR) is 90.8 cm³/mol. The van der Waals surface area contributed by atoms with E-state index in [4.69, 9.17) is 0 Å². The van der Waals surface area contributed by atoms with E-state index in [0.717, 1.165) is 29.7 Å². The number of rotatable bonds is 4. The maximum absolute atomic E-state index is 11.9. The largest absolute Gasteiger partial charge is 0.481 e. The van der Waals surface area contributed by atoms with Gasteiger partial charge in [0.05, 0.1) is 5.92 Å². The first-order valence-electron chi connectivity index (χ1n) is 8.26. The van der Waals surface area contributed by atoms with Gasteiger partial charge in [-0.3, -0.25) is 14.5 Å². The van der Waals surface area contributed by atoms with Crippen LogP contribution in [0.2, 0.25) is 0 Å². The number of aryl methyl sites for hydroxylation is 2. The minimum Gasteiger partial charge on any atom is -0.481 e. The third-order valence-corrected chi connectivity index (χ3v) is 4.95. The highest BCUT2D eigenvalue weighted by atomic mass is 16.4. The number of carbonyl (C=O) groups is 2. The topological polar surface area (TPSA) is 57.6 Å². The van der Waals surface area contributed by atoms with E-state index >= 15 is 0 Å². The molecule has 0 bridgehead atoms. The summed E-state index contributed by atoms with van der Waals surface area (Å²) in [5.74, 6) is -0.528. The van der Waals surface area contributed by atoms with Gasteiger partial charge in [0.2, 0.25) is 0 Å². The van der Waals surface area contributed by atoms with E-state index in [0.29, 0.717) is 19.0 Å². The van der Waals surface area contributed by atoms with Crippen LogP contribution in [0.1, 0.15) is 52.9 Å². The van der Waals surface area contributed by atoms with E-state index in [1.54, 1.807) is 6.92 Å². The summed E-state index contributed by atoms with van der Waals surface area (Å²) >= 11 is 0. The maximum atomic E-state index is 11.9. The number of piperidine rings is 1. The number of aliphatic carboxylic acids is 1. The molecule has 1 fully saturated rings. The first kappa shape index (κ1) is 17.7. The average molecular weight is 317 g/mol. The summed E-state index contributed by atoms with van der Waals surface area (Å²) in [7, 11) is 0. The zero-order valence-corrected chi connectivity index (χ0v) is 14.8. The third-order valence-electron chi connectivity index (χ3n) is 4.95. The molecule has 2 atom stereocenters. The second-order valence-electron chi connectivity index (χ2n) is 7.12. The van der Waals surface area contributed by atoms with E-state index in [1.165, 1.54) is 11.1 Å². The second-order valence-corrected chi connectivity index (χ2v) is 7.12. The molecule has 0 spiro atoms. The lowest BCUT2D eigenvalue weighted by molar-refractivity contribution is -0.144. The van der Waals surface area contributed by atoms with Gasteiger partial charge in [0.25, 0.3) is 0 Å². The number of ketones is 1. The SMILES string of the molecule is CC(=O)c1c(C)cc(C)c(CN2CC(C)CC(C(=O)O)C2)c1C. The molecule has 1 aliphatic heterocycles. The first-order chi connectivity index (χ1) is 10.7. The Balaban J connectivity index is 2.31. The quantitative estimate of drug-likeness (QED) is 0.865. The van der Waals surface area contributed by atoms with Crippen molar-refractivity contribution in [1.29, 1.82) is 0 Å². The molecule has 0 aromatic heterocycles. The zero-order chi connectivity index (χ0) is 17.3. The van der Waals surface area contributed by atoms with Crippen molar-refractivity contribution < 1.29 is 14.7 Å². The fourth-order valence-corrected chi connectivity index (χ4v) is 4.00. The van der Waals surface area contributed by atoms with Gasteiger partial charge in [-0.15, -0.1) is 0 Å². The summed E-state index contributed by atoms with van der Waals surface area (Å²) in [5.41, 5.74) is 5.21. The summed E-state index contributed by atoms with van der Waals surface area (Å²) in [5, 5.41) is 9.33. The Kier molecular flexibility index (Phi) is 5.25. The first-order valence-corrected chi connectivity index (χ1v) is 8.26. The number of nitrogens with zero attached hydrogens (tertiary/aromatic N) is 1. The number of likely N-dealkylation sites (tertiary alicyclic amines) is 1. The molecule has 0 aliphatic carbocycles. The van der Waals surface area contributed by atoms with Gasteiger partial charge in [-0.2, -0.15) is 0 Å². The van der Waals surface area contributed by atoms with E-state index < -0.39 is 5.97 Å². The van der Waals surface area contributed by atoms with E-state index in [2.05, 4.69) is 24.8 Å². The number of carboxylic acid groups (broad SMARTS) is 1. The molecule has 1 aromatic rings. The number of carboxylic acids is 1. The fourth-order valence-electron chi connectivity index (χ4n) is 4.00. The highest BCUT2D eigenvalue weighted by Crippen LogP contribution is 2.28. The van der Waals surface area contributed by atoms with Crippen LogP contribution in [0.3, 0.4) is 0 Å². The number of hydrogen-bond acceptors (Lipinski definition) is 3. The van der Waals surface area contributed by atoms with Crippen LogP contribution in [0.4, 0.5) is 0 Å². The Morgan fingerprint density at radius 2 is 1.87 bits per heavy atom. The second kappa shape index (κ2) is 6.83. The van der Waals surface area contributed by atoms with Gasteiger partial charge in [-0.25, -0.2) is 0 Å². The molecule has 1 N–H and O–H groups in total. The standard InChI is InChI=1S/C19H27NO3/c1-11-6-16(19(22)23)9-20(8-11)10-17-12(2)7-13(3)18(14(17)4)15(5)21/h7,11,16H,6,8-10H2,1-5H3,(H,22,23). The van der Waals surface area contributed by atoms with Crippen LogP contribution in [0.25, 0.3) is 0 Å². The smallest absolute Gasteiger partial charge is 0.307 e. The molecule has 0 saturated carbocycles. The number of carbonyl (C=O) groups excluding carboxylic acids is 1. The van der Waals surface area contributed by atoms with E-state index in [9.17, 15) is 14.7 Å². The lowest BCUT2D eigenvalue weighted by Gasteiger charge is -2.35. The van der Waals surface area contributed by atoms with Crippen molar-refractivity contribution in [2.75, 3.05) is 13.1 Å². The lowest BCUT2D eigenvalue weighted by Crippen LogP contribution is -2.42. The third kappa shape index (κ3) is 3.81. The van der Waals surface area contributed by atoms with Crippen molar-refractivity contribution in [3.05, 3.63) is 33.9 Å². The normalized spacial score (nSPS) is 22.1. The summed E-state index contributed by atoms with van der Waals surface area (Å²) < 4.78 is 0. The van der Waals surface area contributed by atoms with E-state index in [1.807, 2.05) is 13.8 Å². The van der Waals surface area contributed by atoms with Crippen LogP contribution < -0.4 is 0 Å². The van der Waals surface area contributed by atoms with Gasteiger partial charge in [-0.05, 0) is 62.3 Å². The number of hydrogen-bond donors (Lipinski definition) is 1. The molecule has 1 heterocycles. The Morgan fingerprint density at radius 1 is 1.22 bits per heavy atom. The average Bonchev–Trinajstić information content (AvgIpc) is 2.42. The van der Waals surface area contributed by atoms with Crippen LogP contribution >= 0.6 is 0 Å². The molecule has 0 radical (unpaired) electrons. The molecule has 2 rings (SSSR count). The van der Waals surface area contributed by atoms with Gasteiger partial charge in [0.1, 0.15) is 0 Å². The minimum absolute atomic E-state index is 0.0941. The number of benzene rings is 1. The summed E-state index contributed by atoms with van der Waals surface area (Å²) in [6.45, 7) is 12.0. The summed E-state index contributed by atoms with van der Waals surface area (Å²) in [6.07, 6.45) is 0.746. The van der Waals surface area contributed by atoms with Crippen LogP contribution in [0.5, 0.6) is 0 Å². The van der Waals surface area contributed by atoms with Crippen LogP contribution in [0.15, 0.2) is 6.07 Å². The van der Waals surface area contributed by atoms with Gasteiger partial charge in [0, 0.05) is 25.2 Å². The molecule has 2 unspecified atom stereocenters. The Morgan fingerprint density at radius 3 is 2.43 bits per heavy atom. The Hall–Kier alpha value is -1.68. The molecule has 4 nitrogen and oxygen atoms in total. The predicted octanol–water partition coefficient (Wildman–Crippen LogP) is 3.36. The summed E-state index contributed by atoms with van der Waals surface area (Å²) in [6, 6.07) is 2.07. The van der Waals surface area contributed by atoms with Crippen molar-refractivity contribution in [3.8, 4) is 0 Å². The Bertz CT molecular complexity index is 636. The van der Waals surface area contributed by atoms with Crippen molar-refractivity contribution >= 4 is 11.8 Å². The van der Waals surface area contributed by atoms with Crippen molar-refractivity contribution in [2.24, 2.45) is 11.8 Å². The molecule has 1 saturated heterocycles. The van der Waals surface area contributed by atoms with Crippen molar-refractivity contribution in [1.82, 2.24) is 4.90 Å². The molecule has 1 aliphatic rings. The molecular formula is C19H27NO3. The molecule has 0 amide bonds. The van der Waals surface area contributed by atoms with Crippen molar-refractivity contribution in [2.45, 2.75) is 47.6 Å². The highest BCUT2D eigenvalue weighted by molar-refractivity contribution is 5.97. The fraction of sp³-hybridized carbons (Fsp3) is 0.579. The van der Waals surface area contributed by atoms with Crippen LogP contribution in [-0.2, 0) is 11.3 Å². The van der Waals surface area contributed by atoms with Gasteiger partial charge in [-0.1, -0.05) is 13.0 Å². The number of Topliss-reactive ketones (excluding diaryl/α,β-unsaturated/α-hetero) is 1. The molecule has 23 heavy (non-hydrogen) atoms. The van der Waals surface area contributed by atoms with Gasteiger partial charge in [0.15, 0.2) is 5.78 Å². The molecule has 1 aromatic carbocycles. The molecule has 4 heteroatoms. The van der Waals surface area contributed by atoms with Gasteiger partial charge < -0.3 is 5.11 Å². The highest BCUT2D eigenvalue weighted by Gasteiger charge is 2.30. The van der Waals surface area contributed by atoms with Gasteiger partial charge >= 0.3 is 5.97 Å². The minimum atomic E-state index is -0.705. The molecule has 126 valence electrons. The maximum Gasteiger partial charge on any atom is 0.307 e. The van der Waals surface area contributed by atoms with Crippen LogP contribution in [-0.4, -0.2) is 34.8 Å². The Labute approximate surface area is 138 Å². The lowest BCUT2D eigenvalue weighted by atomic mass is 9.88. The van der Waals surface area contributed by atoms with Crippen molar-refractivity contribution in [3.63, 3.8) is 0 Å². The summed E-state index contributed by atoms with van der Waals surface area (Å²) in [4.78, 5) is 25.5. The monoisotopic (exact) mass is 317 g/mol. The zero-order valence-electron chi connectivity index (χ0n) is 14.8.